The predicted octanol–water partition coefficient (Wildman–Crippen LogP) is 5.79. The summed E-state index contributed by atoms with van der Waals surface area (Å²) in [6, 6.07) is 8.28. The minimum Gasteiger partial charge on any atom is -0.427 e. The Labute approximate surface area is 310 Å². The molecule has 10 nitrogen and oxygen atoms in total. The molecule has 8 aliphatic rings. The fourth-order valence-electron chi connectivity index (χ4n) is 8.38. The number of Topliss-reactive ketones (excluding diaryl/α,β-unsaturated/α-hetero) is 2. The zero-order valence-corrected chi connectivity index (χ0v) is 30.3. The second kappa shape index (κ2) is 13.8. The monoisotopic (exact) mass is 718 g/mol. The molecule has 0 amide bonds. The number of halogens is 1. The zero-order valence-electron chi connectivity index (χ0n) is 29.5. The summed E-state index contributed by atoms with van der Waals surface area (Å²) in [5.74, 6) is 0.634. The Morgan fingerprint density at radius 3 is 1.56 bits per heavy atom. The van der Waals surface area contributed by atoms with Crippen molar-refractivity contribution in [3.05, 3.63) is 68.8 Å². The van der Waals surface area contributed by atoms with Crippen molar-refractivity contribution in [3.63, 3.8) is 0 Å². The molecule has 10 rings (SSSR count). The van der Waals surface area contributed by atoms with Gasteiger partial charge in [0.25, 0.3) is 0 Å². The van der Waals surface area contributed by atoms with Gasteiger partial charge in [0.05, 0.1) is 11.4 Å². The van der Waals surface area contributed by atoms with Crippen molar-refractivity contribution in [1.29, 1.82) is 10.5 Å². The van der Waals surface area contributed by atoms with E-state index in [1.165, 1.54) is 51.4 Å². The second-order valence-electron chi connectivity index (χ2n) is 16.3. The lowest BCUT2D eigenvalue weighted by molar-refractivity contribution is -0.115. The van der Waals surface area contributed by atoms with Crippen molar-refractivity contribution in [3.8, 4) is 12.1 Å². The van der Waals surface area contributed by atoms with E-state index < -0.39 is 7.12 Å². The van der Waals surface area contributed by atoms with Crippen molar-refractivity contribution in [2.24, 2.45) is 10.8 Å². The lowest BCUT2D eigenvalue weighted by Crippen LogP contribution is -2.36. The average molecular weight is 719 g/mol. The van der Waals surface area contributed by atoms with E-state index in [1.807, 2.05) is 6.20 Å². The lowest BCUT2D eigenvalue weighted by atomic mass is 9.84. The van der Waals surface area contributed by atoms with Crippen molar-refractivity contribution in [2.45, 2.75) is 102 Å². The van der Waals surface area contributed by atoms with Crippen LogP contribution in [0.5, 0.6) is 0 Å². The number of carbonyl (C=O) groups excluding carboxylic acids is 2. The summed E-state index contributed by atoms with van der Waals surface area (Å²) >= 11 is 6.04. The van der Waals surface area contributed by atoms with E-state index >= 15 is 0 Å². The van der Waals surface area contributed by atoms with Gasteiger partial charge in [-0.15, -0.1) is 0 Å². The summed E-state index contributed by atoms with van der Waals surface area (Å²) in [7, 11) is -1.04. The Morgan fingerprint density at radius 2 is 1.17 bits per heavy atom. The molecule has 0 aromatic carbocycles. The highest BCUT2D eigenvalue weighted by Crippen LogP contribution is 2.55. The van der Waals surface area contributed by atoms with E-state index in [0.717, 1.165) is 91.2 Å². The Balaban J connectivity index is 0.000000129. The van der Waals surface area contributed by atoms with Crippen LogP contribution in [0, 0.1) is 33.5 Å². The van der Waals surface area contributed by atoms with E-state index in [9.17, 15) is 20.1 Å². The summed E-state index contributed by atoms with van der Waals surface area (Å²) in [5, 5.41) is 36.0. The van der Waals surface area contributed by atoms with Crippen LogP contribution in [0.3, 0.4) is 0 Å². The van der Waals surface area contributed by atoms with E-state index in [4.69, 9.17) is 21.6 Å². The van der Waals surface area contributed by atoms with Crippen LogP contribution >= 0.6 is 11.6 Å². The first-order valence-corrected chi connectivity index (χ1v) is 19.3. The number of ketones is 2. The number of piperidine rings is 2. The molecule has 0 bridgehead atoms. The van der Waals surface area contributed by atoms with Crippen LogP contribution in [0.1, 0.15) is 111 Å². The number of likely N-dealkylation sites (tertiary alicyclic amines) is 2. The van der Waals surface area contributed by atoms with Gasteiger partial charge >= 0.3 is 7.12 Å². The van der Waals surface area contributed by atoms with Gasteiger partial charge in [0.1, 0.15) is 28.4 Å². The molecule has 2 spiro atoms. The molecule has 2 aromatic heterocycles. The molecule has 268 valence electrons. The number of carbonyl (C=O) groups is 2. The number of nitrogens with zero attached hydrogens (tertiary/aromatic N) is 6. The standard InChI is InChI=1S/C20H21N3O.C17H16ClN3O.C3H7BO2/c21-11-16-18(24)9-14-12-22-17(13-1-2-13)10-15(14)19(16)23-7-5-20(3-4-20)6-8-23;18-15-8-12-11(10-20-15)7-14(22)13(9-19)16(12)21-5-3-17(1-2-17)4-6-21;5-4(6)3-1-2-3/h10,12-13H,1-9H2;8,10H,1-7H2;3,5-6H,1-2H2. The first-order valence-electron chi connectivity index (χ1n) is 19.0. The third-order valence-corrected chi connectivity index (χ3v) is 12.9. The van der Waals surface area contributed by atoms with Gasteiger partial charge in [0.2, 0.25) is 0 Å². The molecule has 6 aliphatic carbocycles. The first-order chi connectivity index (χ1) is 25.1. The minimum atomic E-state index is -1.04. The van der Waals surface area contributed by atoms with E-state index in [-0.39, 0.29) is 29.4 Å². The predicted molar refractivity (Wildman–Crippen MR) is 196 cm³/mol. The molecule has 2 N–H and O–H groups in total. The minimum absolute atomic E-state index is 0.0484. The summed E-state index contributed by atoms with van der Waals surface area (Å²) < 4.78 is 0. The summed E-state index contributed by atoms with van der Waals surface area (Å²) in [5.41, 5.74) is 8.44. The number of rotatable bonds is 4. The average Bonchev–Trinajstić information content (AvgIpc) is 3.94. The van der Waals surface area contributed by atoms with Crippen molar-refractivity contribution in [2.75, 3.05) is 26.2 Å². The van der Waals surface area contributed by atoms with Crippen LogP contribution in [0.4, 0.5) is 0 Å². The van der Waals surface area contributed by atoms with Crippen LogP contribution in [-0.2, 0) is 22.4 Å². The third-order valence-electron chi connectivity index (χ3n) is 12.7. The fourth-order valence-corrected chi connectivity index (χ4v) is 8.54. The molecule has 2 aliphatic heterocycles. The maximum atomic E-state index is 12.5. The van der Waals surface area contributed by atoms with Gasteiger partial charge in [-0.3, -0.25) is 14.6 Å². The third kappa shape index (κ3) is 7.16. The maximum Gasteiger partial charge on any atom is 0.454 e. The van der Waals surface area contributed by atoms with Crippen LogP contribution in [0.2, 0.25) is 11.0 Å². The van der Waals surface area contributed by atoms with Gasteiger partial charge < -0.3 is 19.8 Å². The lowest BCUT2D eigenvalue weighted by Gasteiger charge is -2.37. The highest BCUT2D eigenvalue weighted by Gasteiger charge is 2.47. The molecule has 6 fully saturated rings. The molecule has 12 heteroatoms. The number of hydrogen-bond acceptors (Lipinski definition) is 10. The maximum absolute atomic E-state index is 12.5. The largest absolute Gasteiger partial charge is 0.454 e. The highest BCUT2D eigenvalue weighted by atomic mass is 35.5. The molecule has 2 saturated heterocycles. The number of fused-ring (bicyclic) bond motifs is 2. The number of aromatic nitrogens is 2. The van der Waals surface area contributed by atoms with Gasteiger partial charge in [0, 0.05) is 74.2 Å². The zero-order chi connectivity index (χ0) is 36.2. The smallest absolute Gasteiger partial charge is 0.427 e. The van der Waals surface area contributed by atoms with E-state index in [0.29, 0.717) is 33.9 Å². The molecule has 0 atom stereocenters. The topological polar surface area (TPSA) is 154 Å². The van der Waals surface area contributed by atoms with Crippen molar-refractivity contribution in [1.82, 2.24) is 19.8 Å². The van der Waals surface area contributed by atoms with Gasteiger partial charge in [-0.05, 0) is 104 Å². The van der Waals surface area contributed by atoms with Gasteiger partial charge in [-0.1, -0.05) is 24.4 Å². The first kappa shape index (κ1) is 35.0. The SMILES string of the molecule is N#CC1=C(N2CCC3(CC2)CC3)c2cc(C3CC3)ncc2CC1=O.N#CC1=C(N2CCC3(CC2)CC3)c2cc(Cl)ncc2CC1=O.OB(O)C1CC1. The Kier molecular flexibility index (Phi) is 9.26. The van der Waals surface area contributed by atoms with Gasteiger partial charge in [-0.2, -0.15) is 10.5 Å². The highest BCUT2D eigenvalue weighted by molar-refractivity contribution is 6.44. The molecule has 4 heterocycles. The molecule has 0 unspecified atom stereocenters. The van der Waals surface area contributed by atoms with E-state index in [1.54, 1.807) is 12.3 Å². The van der Waals surface area contributed by atoms with E-state index in [2.05, 4.69) is 38.0 Å². The van der Waals surface area contributed by atoms with Gasteiger partial charge in [-0.25, -0.2) is 4.98 Å². The number of allylic oxidation sites excluding steroid dienone is 2. The molecule has 4 saturated carbocycles. The molecule has 52 heavy (non-hydrogen) atoms. The number of pyridine rings is 2. The number of nitriles is 2. The van der Waals surface area contributed by atoms with Crippen molar-refractivity contribution < 1.29 is 19.6 Å². The Hall–Kier alpha value is -4.03. The summed E-state index contributed by atoms with van der Waals surface area (Å²) in [6.07, 6.45) is 18.6. The Morgan fingerprint density at radius 1 is 0.712 bits per heavy atom. The fraction of sp³-hybridized carbons (Fsp3) is 0.550. The second-order valence-corrected chi connectivity index (χ2v) is 16.7. The number of hydrogen-bond donors (Lipinski definition) is 2. The molecule has 2 aromatic rings. The summed E-state index contributed by atoms with van der Waals surface area (Å²) in [6.45, 7) is 3.75. The van der Waals surface area contributed by atoms with Crippen LogP contribution in [-0.4, -0.2) is 74.7 Å². The molecule has 0 radical (unpaired) electrons. The Bertz CT molecular complexity index is 1940. The summed E-state index contributed by atoms with van der Waals surface area (Å²) in [4.78, 5) is 37.9. The van der Waals surface area contributed by atoms with Crippen molar-refractivity contribution >= 4 is 41.7 Å². The molecular weight excluding hydrogens is 675 g/mol. The van der Waals surface area contributed by atoms with Crippen LogP contribution in [0.15, 0.2) is 35.7 Å². The van der Waals surface area contributed by atoms with Crippen LogP contribution < -0.4 is 0 Å². The molecular formula is C40H44BClN6O4. The quantitative estimate of drug-likeness (QED) is 0.293. The van der Waals surface area contributed by atoms with Gasteiger partial charge in [0.15, 0.2) is 11.6 Å². The van der Waals surface area contributed by atoms with Crippen LogP contribution in [0.25, 0.3) is 11.4 Å². The normalized spacial score (nSPS) is 23.4.